The zero-order valence-electron chi connectivity index (χ0n) is 14.4. The molecule has 1 aliphatic rings. The molecule has 1 fully saturated rings. The van der Waals surface area contributed by atoms with Gasteiger partial charge in [-0.1, -0.05) is 23.7 Å². The van der Waals surface area contributed by atoms with Crippen molar-refractivity contribution in [1.82, 2.24) is 9.62 Å². The van der Waals surface area contributed by atoms with Gasteiger partial charge >= 0.3 is 0 Å². The van der Waals surface area contributed by atoms with E-state index in [9.17, 15) is 13.2 Å². The van der Waals surface area contributed by atoms with E-state index in [0.717, 1.165) is 5.69 Å². The molecule has 2 aromatic carbocycles. The summed E-state index contributed by atoms with van der Waals surface area (Å²) < 4.78 is 27.1. The number of carbonyl (C=O) groups excluding carboxylic acids is 1. The van der Waals surface area contributed by atoms with Gasteiger partial charge in [0.05, 0.1) is 15.6 Å². The second-order valence-electron chi connectivity index (χ2n) is 5.95. The largest absolute Gasteiger partial charge is 0.368 e. The molecule has 2 aromatic rings. The van der Waals surface area contributed by atoms with E-state index in [1.54, 1.807) is 0 Å². The topological polar surface area (TPSA) is 69.7 Å². The van der Waals surface area contributed by atoms with Crippen LogP contribution in [0.3, 0.4) is 0 Å². The number of sulfonamides is 1. The van der Waals surface area contributed by atoms with Gasteiger partial charge in [-0.3, -0.25) is 4.79 Å². The number of hydrogen-bond donors (Lipinski definition) is 1. The Labute approximate surface area is 158 Å². The van der Waals surface area contributed by atoms with Crippen LogP contribution in [0.5, 0.6) is 0 Å². The van der Waals surface area contributed by atoms with Gasteiger partial charge in [0.1, 0.15) is 0 Å². The minimum Gasteiger partial charge on any atom is -0.368 e. The van der Waals surface area contributed by atoms with E-state index in [0.29, 0.717) is 36.8 Å². The molecule has 0 saturated carbocycles. The van der Waals surface area contributed by atoms with Crippen molar-refractivity contribution in [2.75, 3.05) is 38.1 Å². The van der Waals surface area contributed by atoms with E-state index >= 15 is 0 Å². The Balaban J connectivity index is 1.72. The SMILES string of the molecule is CNC(=O)c1ccc(S(=O)(=O)N2CCN(c3ccccc3Cl)CC2)cc1. The first-order valence-corrected chi connectivity index (χ1v) is 10.1. The molecule has 0 bridgehead atoms. The van der Waals surface area contributed by atoms with Crippen LogP contribution >= 0.6 is 11.6 Å². The normalized spacial score (nSPS) is 15.7. The Kier molecular flexibility index (Phi) is 5.50. The summed E-state index contributed by atoms with van der Waals surface area (Å²) in [6, 6.07) is 13.5. The Morgan fingerprint density at radius 1 is 1.00 bits per heavy atom. The van der Waals surface area contributed by atoms with Crippen LogP contribution in [0.2, 0.25) is 5.02 Å². The number of amides is 1. The van der Waals surface area contributed by atoms with Crippen LogP contribution in [0.4, 0.5) is 5.69 Å². The Morgan fingerprint density at radius 2 is 1.62 bits per heavy atom. The number of nitrogens with one attached hydrogen (secondary N) is 1. The van der Waals surface area contributed by atoms with Crippen molar-refractivity contribution in [2.45, 2.75) is 4.90 Å². The second-order valence-corrected chi connectivity index (χ2v) is 8.29. The first-order chi connectivity index (χ1) is 12.4. The molecule has 8 heteroatoms. The van der Waals surface area contributed by atoms with Crippen LogP contribution in [0.15, 0.2) is 53.4 Å². The van der Waals surface area contributed by atoms with E-state index in [1.165, 1.54) is 35.6 Å². The molecule has 1 heterocycles. The predicted molar refractivity (Wildman–Crippen MR) is 102 cm³/mol. The molecule has 0 unspecified atom stereocenters. The average Bonchev–Trinajstić information content (AvgIpc) is 2.68. The lowest BCUT2D eigenvalue weighted by atomic mass is 10.2. The highest BCUT2D eigenvalue weighted by Crippen LogP contribution is 2.27. The summed E-state index contributed by atoms with van der Waals surface area (Å²) >= 11 is 6.23. The Hall–Kier alpha value is -2.09. The molecule has 0 radical (unpaired) electrons. The highest BCUT2D eigenvalue weighted by Gasteiger charge is 2.29. The minimum absolute atomic E-state index is 0.191. The van der Waals surface area contributed by atoms with Crippen LogP contribution in [0.1, 0.15) is 10.4 Å². The minimum atomic E-state index is -3.58. The number of rotatable bonds is 4. The quantitative estimate of drug-likeness (QED) is 0.864. The summed E-state index contributed by atoms with van der Waals surface area (Å²) in [6.45, 7) is 1.90. The highest BCUT2D eigenvalue weighted by molar-refractivity contribution is 7.89. The number of para-hydroxylation sites is 1. The van der Waals surface area contributed by atoms with Crippen LogP contribution in [-0.4, -0.2) is 51.9 Å². The summed E-state index contributed by atoms with van der Waals surface area (Å²) in [4.78, 5) is 13.9. The van der Waals surface area contributed by atoms with Crippen molar-refractivity contribution in [1.29, 1.82) is 0 Å². The van der Waals surface area contributed by atoms with Crippen molar-refractivity contribution < 1.29 is 13.2 Å². The van der Waals surface area contributed by atoms with Gasteiger partial charge in [-0.15, -0.1) is 0 Å². The zero-order valence-corrected chi connectivity index (χ0v) is 15.9. The summed E-state index contributed by atoms with van der Waals surface area (Å²) in [6.07, 6.45) is 0. The fourth-order valence-electron chi connectivity index (χ4n) is 2.95. The number of anilines is 1. The second kappa shape index (κ2) is 7.65. The molecule has 26 heavy (non-hydrogen) atoms. The maximum Gasteiger partial charge on any atom is 0.251 e. The molecular weight excluding hydrogens is 374 g/mol. The number of piperazine rings is 1. The molecule has 6 nitrogen and oxygen atoms in total. The maximum absolute atomic E-state index is 12.8. The average molecular weight is 394 g/mol. The van der Waals surface area contributed by atoms with Gasteiger partial charge in [0.2, 0.25) is 10.0 Å². The fraction of sp³-hybridized carbons (Fsp3) is 0.278. The molecule has 0 atom stereocenters. The van der Waals surface area contributed by atoms with Gasteiger partial charge < -0.3 is 10.2 Å². The van der Waals surface area contributed by atoms with E-state index in [4.69, 9.17) is 11.6 Å². The number of halogens is 1. The third-order valence-corrected chi connectivity index (χ3v) is 6.65. The first-order valence-electron chi connectivity index (χ1n) is 8.25. The van der Waals surface area contributed by atoms with E-state index < -0.39 is 10.0 Å². The van der Waals surface area contributed by atoms with E-state index in [1.807, 2.05) is 24.3 Å². The van der Waals surface area contributed by atoms with Crippen LogP contribution in [-0.2, 0) is 10.0 Å². The van der Waals surface area contributed by atoms with Gasteiger partial charge in [-0.05, 0) is 36.4 Å². The molecule has 1 N–H and O–H groups in total. The molecule has 0 spiro atoms. The third kappa shape index (κ3) is 3.70. The number of benzene rings is 2. The number of hydrogen-bond acceptors (Lipinski definition) is 4. The van der Waals surface area contributed by atoms with E-state index in [-0.39, 0.29) is 10.8 Å². The van der Waals surface area contributed by atoms with Crippen LogP contribution in [0, 0.1) is 0 Å². The Bertz CT molecular complexity index is 892. The predicted octanol–water partition coefficient (Wildman–Crippen LogP) is 2.21. The van der Waals surface area contributed by atoms with Crippen molar-refractivity contribution in [3.63, 3.8) is 0 Å². The van der Waals surface area contributed by atoms with Gasteiger partial charge in [0, 0.05) is 38.8 Å². The third-order valence-electron chi connectivity index (χ3n) is 4.41. The van der Waals surface area contributed by atoms with Crippen molar-refractivity contribution in [3.05, 3.63) is 59.1 Å². The summed E-state index contributed by atoms with van der Waals surface area (Å²) in [7, 11) is -2.05. The van der Waals surface area contributed by atoms with Crippen molar-refractivity contribution in [2.24, 2.45) is 0 Å². The maximum atomic E-state index is 12.8. The molecule has 1 amide bonds. The van der Waals surface area contributed by atoms with Gasteiger partial charge in [0.25, 0.3) is 5.91 Å². The lowest BCUT2D eigenvalue weighted by Gasteiger charge is -2.35. The first kappa shape index (κ1) is 18.7. The standard InChI is InChI=1S/C18H20ClN3O3S/c1-20-18(23)14-6-8-15(9-7-14)26(24,25)22-12-10-21(11-13-22)17-5-3-2-4-16(17)19/h2-9H,10-13H2,1H3,(H,20,23). The van der Waals surface area contributed by atoms with Crippen molar-refractivity contribution in [3.8, 4) is 0 Å². The molecule has 1 aliphatic heterocycles. The molecule has 1 saturated heterocycles. The molecule has 0 aliphatic carbocycles. The van der Waals surface area contributed by atoms with E-state index in [2.05, 4.69) is 10.2 Å². The lowest BCUT2D eigenvalue weighted by Crippen LogP contribution is -2.48. The van der Waals surface area contributed by atoms with Gasteiger partial charge in [-0.25, -0.2) is 8.42 Å². The van der Waals surface area contributed by atoms with Crippen LogP contribution in [0.25, 0.3) is 0 Å². The number of carbonyl (C=O) groups is 1. The van der Waals surface area contributed by atoms with Gasteiger partial charge in [0.15, 0.2) is 0 Å². The summed E-state index contributed by atoms with van der Waals surface area (Å²) in [5.41, 5.74) is 1.34. The van der Waals surface area contributed by atoms with Gasteiger partial charge in [-0.2, -0.15) is 4.31 Å². The molecule has 0 aromatic heterocycles. The van der Waals surface area contributed by atoms with Crippen molar-refractivity contribution >= 4 is 33.2 Å². The molecule has 138 valence electrons. The highest BCUT2D eigenvalue weighted by atomic mass is 35.5. The zero-order chi connectivity index (χ0) is 18.7. The molecule has 3 rings (SSSR count). The smallest absolute Gasteiger partial charge is 0.251 e. The van der Waals surface area contributed by atoms with Crippen LogP contribution < -0.4 is 10.2 Å². The Morgan fingerprint density at radius 3 is 2.19 bits per heavy atom. The fourth-order valence-corrected chi connectivity index (χ4v) is 4.63. The lowest BCUT2D eigenvalue weighted by molar-refractivity contribution is 0.0963. The molecular formula is C18H20ClN3O3S. The monoisotopic (exact) mass is 393 g/mol. The summed E-state index contributed by atoms with van der Waals surface area (Å²) in [5.74, 6) is -0.248. The number of nitrogens with zero attached hydrogens (tertiary/aromatic N) is 2. The summed E-state index contributed by atoms with van der Waals surface area (Å²) in [5, 5.41) is 3.17.